The number of nitrogen functional groups attached to an aromatic ring is 1. The number of rotatable bonds is 7. The van der Waals surface area contributed by atoms with Gasteiger partial charge in [-0.15, -0.1) is 0 Å². The molecule has 1 aromatic heterocycles. The first-order chi connectivity index (χ1) is 15.1. The summed E-state index contributed by atoms with van der Waals surface area (Å²) >= 11 is 0. The predicted molar refractivity (Wildman–Crippen MR) is 127 cm³/mol. The van der Waals surface area contributed by atoms with Crippen molar-refractivity contribution in [2.75, 3.05) is 22.5 Å². The molecular weight excluding hydrogens is 386 g/mol. The van der Waals surface area contributed by atoms with E-state index in [2.05, 4.69) is 52.2 Å². The molecule has 0 spiro atoms. The van der Waals surface area contributed by atoms with E-state index < -0.39 is 0 Å². The Morgan fingerprint density at radius 3 is 2.35 bits per heavy atom. The molecule has 0 radical (unpaired) electrons. The number of hydrogen-bond donors (Lipinski definition) is 2. The Kier molecular flexibility index (Phi) is 5.98. The summed E-state index contributed by atoms with van der Waals surface area (Å²) in [6.07, 6.45) is 1.53. The van der Waals surface area contributed by atoms with Crippen LogP contribution >= 0.6 is 0 Å². The molecule has 3 N–H and O–H groups in total. The standard InChI is InChI=1S/C25H25N5O/c1-3-30(20-9-7-8-18(2)16-20)25-23(26)24(27-17-28-25)29-19-12-14-22(15-13-19)31-21-10-5-4-6-11-21/h4-17H,3,26H2,1-2H3,(H,27,28,29). The van der Waals surface area contributed by atoms with E-state index in [9.17, 15) is 0 Å². The Morgan fingerprint density at radius 2 is 1.65 bits per heavy atom. The maximum atomic E-state index is 6.46. The van der Waals surface area contributed by atoms with Crippen LogP contribution in [0.1, 0.15) is 12.5 Å². The fraction of sp³-hybridized carbons (Fsp3) is 0.120. The summed E-state index contributed by atoms with van der Waals surface area (Å²) < 4.78 is 5.85. The fourth-order valence-electron chi connectivity index (χ4n) is 3.32. The first kappa shape index (κ1) is 20.2. The fourth-order valence-corrected chi connectivity index (χ4v) is 3.32. The molecule has 31 heavy (non-hydrogen) atoms. The number of benzene rings is 3. The van der Waals surface area contributed by atoms with E-state index in [-0.39, 0.29) is 0 Å². The van der Waals surface area contributed by atoms with Crippen LogP contribution < -0.4 is 20.7 Å². The highest BCUT2D eigenvalue weighted by Crippen LogP contribution is 2.33. The third-order valence-corrected chi connectivity index (χ3v) is 4.84. The summed E-state index contributed by atoms with van der Waals surface area (Å²) in [6.45, 7) is 4.87. The van der Waals surface area contributed by atoms with E-state index in [1.54, 1.807) is 0 Å². The number of nitrogens with one attached hydrogen (secondary N) is 1. The van der Waals surface area contributed by atoms with Crippen LogP contribution in [0.2, 0.25) is 0 Å². The molecule has 4 rings (SSSR count). The number of nitrogens with zero attached hydrogens (tertiary/aromatic N) is 3. The smallest absolute Gasteiger partial charge is 0.161 e. The molecule has 6 heteroatoms. The first-order valence-corrected chi connectivity index (χ1v) is 10.2. The minimum atomic E-state index is 0.496. The monoisotopic (exact) mass is 411 g/mol. The summed E-state index contributed by atoms with van der Waals surface area (Å²) in [4.78, 5) is 10.9. The lowest BCUT2D eigenvalue weighted by Gasteiger charge is -2.24. The summed E-state index contributed by atoms with van der Waals surface area (Å²) in [5.41, 5.74) is 10.0. The maximum Gasteiger partial charge on any atom is 0.161 e. The van der Waals surface area contributed by atoms with Crippen LogP contribution in [0, 0.1) is 6.92 Å². The average Bonchev–Trinajstić information content (AvgIpc) is 2.79. The van der Waals surface area contributed by atoms with Crippen molar-refractivity contribution in [1.82, 2.24) is 9.97 Å². The van der Waals surface area contributed by atoms with Crippen molar-refractivity contribution < 1.29 is 4.74 Å². The molecule has 0 aliphatic rings. The van der Waals surface area contributed by atoms with E-state index in [4.69, 9.17) is 10.5 Å². The molecule has 1 heterocycles. The number of anilines is 5. The Hall–Kier alpha value is -4.06. The van der Waals surface area contributed by atoms with E-state index in [1.807, 2.05) is 60.7 Å². The maximum absolute atomic E-state index is 6.46. The summed E-state index contributed by atoms with van der Waals surface area (Å²) in [7, 11) is 0. The van der Waals surface area contributed by atoms with Crippen molar-refractivity contribution in [3.8, 4) is 11.5 Å². The molecule has 0 fully saturated rings. The molecular formula is C25H25N5O. The molecule has 0 bridgehead atoms. The van der Waals surface area contributed by atoms with Crippen molar-refractivity contribution in [2.24, 2.45) is 0 Å². The van der Waals surface area contributed by atoms with Crippen molar-refractivity contribution in [2.45, 2.75) is 13.8 Å². The van der Waals surface area contributed by atoms with Crippen LogP contribution in [-0.2, 0) is 0 Å². The summed E-state index contributed by atoms with van der Waals surface area (Å²) in [5.74, 6) is 2.79. The molecule has 0 aliphatic carbocycles. The molecule has 0 aliphatic heterocycles. The third-order valence-electron chi connectivity index (χ3n) is 4.84. The predicted octanol–water partition coefficient (Wildman–Crippen LogP) is 6.06. The zero-order chi connectivity index (χ0) is 21.6. The summed E-state index contributed by atoms with van der Waals surface area (Å²) in [6, 6.07) is 25.6. The highest BCUT2D eigenvalue weighted by Gasteiger charge is 2.16. The van der Waals surface area contributed by atoms with Gasteiger partial charge >= 0.3 is 0 Å². The summed E-state index contributed by atoms with van der Waals surface area (Å²) in [5, 5.41) is 3.29. The number of aromatic nitrogens is 2. The van der Waals surface area contributed by atoms with E-state index in [0.717, 1.165) is 29.4 Å². The second-order valence-electron chi connectivity index (χ2n) is 7.11. The van der Waals surface area contributed by atoms with Crippen LogP contribution in [0.5, 0.6) is 11.5 Å². The Balaban J connectivity index is 1.54. The zero-order valence-corrected chi connectivity index (χ0v) is 17.6. The van der Waals surface area contributed by atoms with Crippen LogP contribution in [0.3, 0.4) is 0 Å². The van der Waals surface area contributed by atoms with Gasteiger partial charge in [-0.05, 0) is 67.9 Å². The van der Waals surface area contributed by atoms with Crippen molar-refractivity contribution >= 4 is 28.7 Å². The van der Waals surface area contributed by atoms with Crippen LogP contribution in [-0.4, -0.2) is 16.5 Å². The van der Waals surface area contributed by atoms with Gasteiger partial charge in [-0.25, -0.2) is 9.97 Å². The van der Waals surface area contributed by atoms with Crippen molar-refractivity contribution in [3.05, 3.63) is 90.8 Å². The van der Waals surface area contributed by atoms with Gasteiger partial charge in [-0.1, -0.05) is 30.3 Å². The van der Waals surface area contributed by atoms with Crippen LogP contribution in [0.25, 0.3) is 0 Å². The van der Waals surface area contributed by atoms with Crippen molar-refractivity contribution in [3.63, 3.8) is 0 Å². The number of nitrogens with two attached hydrogens (primary N) is 1. The van der Waals surface area contributed by atoms with Gasteiger partial charge < -0.3 is 20.7 Å². The van der Waals surface area contributed by atoms with Gasteiger partial charge in [-0.3, -0.25) is 0 Å². The lowest BCUT2D eigenvalue weighted by molar-refractivity contribution is 0.483. The van der Waals surface area contributed by atoms with E-state index in [1.165, 1.54) is 11.9 Å². The molecule has 0 atom stereocenters. The second kappa shape index (κ2) is 9.17. The lowest BCUT2D eigenvalue weighted by Crippen LogP contribution is -2.20. The Morgan fingerprint density at radius 1 is 0.903 bits per heavy atom. The Bertz CT molecular complexity index is 1150. The van der Waals surface area contributed by atoms with Gasteiger partial charge in [0.1, 0.15) is 23.5 Å². The number of hydrogen-bond acceptors (Lipinski definition) is 6. The van der Waals surface area contributed by atoms with E-state index >= 15 is 0 Å². The second-order valence-corrected chi connectivity index (χ2v) is 7.11. The van der Waals surface area contributed by atoms with Gasteiger partial charge in [0, 0.05) is 17.9 Å². The molecule has 156 valence electrons. The van der Waals surface area contributed by atoms with Crippen LogP contribution in [0.15, 0.2) is 85.2 Å². The SMILES string of the molecule is CCN(c1cccc(C)c1)c1ncnc(Nc2ccc(Oc3ccccc3)cc2)c1N. The molecule has 0 unspecified atom stereocenters. The first-order valence-electron chi connectivity index (χ1n) is 10.2. The number of ether oxygens (including phenoxy) is 1. The normalized spacial score (nSPS) is 10.5. The molecule has 4 aromatic rings. The lowest BCUT2D eigenvalue weighted by atomic mass is 10.2. The zero-order valence-electron chi connectivity index (χ0n) is 17.6. The van der Waals surface area contributed by atoms with Gasteiger partial charge in [0.2, 0.25) is 0 Å². The van der Waals surface area contributed by atoms with Gasteiger partial charge in [-0.2, -0.15) is 0 Å². The van der Waals surface area contributed by atoms with Gasteiger partial charge in [0.05, 0.1) is 0 Å². The van der Waals surface area contributed by atoms with Crippen LogP contribution in [0.4, 0.5) is 28.7 Å². The highest BCUT2D eigenvalue weighted by atomic mass is 16.5. The molecule has 0 saturated heterocycles. The van der Waals surface area contributed by atoms with E-state index in [0.29, 0.717) is 17.3 Å². The Labute approximate surface area is 182 Å². The minimum absolute atomic E-state index is 0.496. The number of para-hydroxylation sites is 1. The van der Waals surface area contributed by atoms with Gasteiger partial charge in [0.25, 0.3) is 0 Å². The quantitative estimate of drug-likeness (QED) is 0.385. The molecule has 6 nitrogen and oxygen atoms in total. The minimum Gasteiger partial charge on any atom is -0.457 e. The van der Waals surface area contributed by atoms with Crippen molar-refractivity contribution in [1.29, 1.82) is 0 Å². The number of aryl methyl sites for hydroxylation is 1. The highest BCUT2D eigenvalue weighted by molar-refractivity contribution is 5.81. The molecule has 0 amide bonds. The molecule has 0 saturated carbocycles. The topological polar surface area (TPSA) is 76.3 Å². The largest absolute Gasteiger partial charge is 0.457 e. The average molecular weight is 412 g/mol. The third kappa shape index (κ3) is 4.75. The van der Waals surface area contributed by atoms with Gasteiger partial charge in [0.15, 0.2) is 11.6 Å². The molecule has 3 aromatic carbocycles.